The predicted molar refractivity (Wildman–Crippen MR) is 136 cm³/mol. The predicted octanol–water partition coefficient (Wildman–Crippen LogP) is 2.78. The van der Waals surface area contributed by atoms with Crippen molar-refractivity contribution in [3.05, 3.63) is 59.2 Å². The molecule has 11 nitrogen and oxygen atoms in total. The number of sulfone groups is 1. The number of hydrogen-bond acceptors (Lipinski definition) is 10. The van der Waals surface area contributed by atoms with Gasteiger partial charge in [-0.25, -0.2) is 13.3 Å². The maximum atomic E-state index is 12.7. The Kier molecular flexibility index (Phi) is 6.77. The molecule has 0 aromatic heterocycles. The van der Waals surface area contributed by atoms with Gasteiger partial charge < -0.3 is 8.92 Å². The normalized spacial score (nSPS) is 17.1. The molecule has 4 rings (SSSR count). The monoisotopic (exact) mass is 548 g/mol. The molecular formula is C22H20N4O7S3. The second-order valence-electron chi connectivity index (χ2n) is 7.57. The van der Waals surface area contributed by atoms with E-state index in [1.165, 1.54) is 50.4 Å². The van der Waals surface area contributed by atoms with Crippen molar-refractivity contribution < 1.29 is 30.6 Å². The number of benzene rings is 2. The number of methoxy groups -OCH3 is 1. The molecule has 0 saturated heterocycles. The first-order chi connectivity index (χ1) is 17.0. The maximum absolute atomic E-state index is 12.7. The van der Waals surface area contributed by atoms with Gasteiger partial charge in [0.2, 0.25) is 20.2 Å². The molecule has 0 spiro atoms. The minimum absolute atomic E-state index is 0.0168. The van der Waals surface area contributed by atoms with Crippen LogP contribution in [0.3, 0.4) is 0 Å². The first kappa shape index (κ1) is 25.6. The molecule has 0 aliphatic carbocycles. The van der Waals surface area contributed by atoms with Gasteiger partial charge in [0.05, 0.1) is 30.4 Å². The van der Waals surface area contributed by atoms with E-state index in [1.807, 2.05) is 6.92 Å². The quantitative estimate of drug-likeness (QED) is 0.326. The average Bonchev–Trinajstić information content (AvgIpc) is 3.27. The van der Waals surface area contributed by atoms with Gasteiger partial charge in [0.1, 0.15) is 10.7 Å². The molecule has 0 radical (unpaired) electrons. The number of aryl methyl sites for hydroxylation is 1. The standard InChI is InChI=1S/C22H20N4O7S3/c1-4-35(28,29)22-25-34-21-24-20(27)16(19(23)26(21)22)11-14-7-10-17(18(12-14)32-3)33-36(30,31)15-8-5-13(2)6-9-15/h5-12,23H,4H2,1-3H3/b16-11-,23-19?. The first-order valence-electron chi connectivity index (χ1n) is 10.4. The van der Waals surface area contributed by atoms with Crippen LogP contribution in [0.5, 0.6) is 11.5 Å². The molecule has 2 aliphatic heterocycles. The summed E-state index contributed by atoms with van der Waals surface area (Å²) in [7, 11) is -6.58. The van der Waals surface area contributed by atoms with Crippen molar-refractivity contribution in [2.45, 2.75) is 18.7 Å². The Hall–Kier alpha value is -3.49. The van der Waals surface area contributed by atoms with Gasteiger partial charge in [-0.15, -0.1) is 0 Å². The minimum Gasteiger partial charge on any atom is -0.493 e. The number of nitrogens with zero attached hydrogens (tertiary/aromatic N) is 3. The third-order valence-electron chi connectivity index (χ3n) is 5.16. The molecule has 0 saturated carbocycles. The van der Waals surface area contributed by atoms with Crippen LogP contribution < -0.4 is 8.92 Å². The van der Waals surface area contributed by atoms with E-state index >= 15 is 0 Å². The van der Waals surface area contributed by atoms with E-state index < -0.39 is 31.7 Å². The minimum atomic E-state index is -4.13. The van der Waals surface area contributed by atoms with Crippen LogP contribution in [0, 0.1) is 12.3 Å². The van der Waals surface area contributed by atoms with Crippen LogP contribution in [0.25, 0.3) is 6.08 Å². The molecule has 0 fully saturated rings. The average molecular weight is 549 g/mol. The summed E-state index contributed by atoms with van der Waals surface area (Å²) in [6, 6.07) is 10.4. The highest BCUT2D eigenvalue weighted by atomic mass is 32.2. The van der Waals surface area contributed by atoms with Gasteiger partial charge >= 0.3 is 10.1 Å². The molecule has 0 bridgehead atoms. The Morgan fingerprint density at radius 3 is 2.42 bits per heavy atom. The summed E-state index contributed by atoms with van der Waals surface area (Å²) in [4.78, 5) is 17.4. The van der Waals surface area contributed by atoms with Gasteiger partial charge in [0.25, 0.3) is 5.91 Å². The molecule has 1 N–H and O–H groups in total. The van der Waals surface area contributed by atoms with Gasteiger partial charge in [-0.3, -0.25) is 10.2 Å². The fraction of sp³-hybridized carbons (Fsp3) is 0.182. The summed E-state index contributed by atoms with van der Waals surface area (Å²) in [5.74, 6) is -1.39. The summed E-state index contributed by atoms with van der Waals surface area (Å²) < 4.78 is 64.5. The summed E-state index contributed by atoms with van der Waals surface area (Å²) >= 11 is 0.707. The number of amides is 1. The number of carbonyl (C=O) groups is 1. The largest absolute Gasteiger partial charge is 0.493 e. The second-order valence-corrected chi connectivity index (χ2v) is 12.0. The Morgan fingerprint density at radius 2 is 1.78 bits per heavy atom. The lowest BCUT2D eigenvalue weighted by atomic mass is 10.1. The van der Waals surface area contributed by atoms with E-state index in [0.29, 0.717) is 17.5 Å². The summed E-state index contributed by atoms with van der Waals surface area (Å²) in [6.45, 7) is 3.28. The highest BCUT2D eigenvalue weighted by Gasteiger charge is 2.42. The lowest BCUT2D eigenvalue weighted by molar-refractivity contribution is -0.114. The van der Waals surface area contributed by atoms with Crippen LogP contribution in [0.4, 0.5) is 0 Å². The zero-order valence-corrected chi connectivity index (χ0v) is 21.7. The third-order valence-corrected chi connectivity index (χ3v) is 8.82. The third kappa shape index (κ3) is 4.79. The summed E-state index contributed by atoms with van der Waals surface area (Å²) in [5.41, 5.74) is 1.08. The van der Waals surface area contributed by atoms with Gasteiger partial charge in [-0.05, 0) is 42.8 Å². The van der Waals surface area contributed by atoms with Crippen molar-refractivity contribution in [3.63, 3.8) is 0 Å². The highest BCUT2D eigenvalue weighted by molar-refractivity contribution is 8.16. The van der Waals surface area contributed by atoms with E-state index in [0.717, 1.165) is 10.5 Å². The number of amidine groups is 3. The van der Waals surface area contributed by atoms with Gasteiger partial charge in [-0.2, -0.15) is 17.8 Å². The topological polar surface area (TPSA) is 156 Å². The fourth-order valence-corrected chi connectivity index (χ4v) is 6.11. The highest BCUT2D eigenvalue weighted by Crippen LogP contribution is 2.33. The van der Waals surface area contributed by atoms with Crippen molar-refractivity contribution in [2.24, 2.45) is 9.39 Å². The molecule has 36 heavy (non-hydrogen) atoms. The maximum Gasteiger partial charge on any atom is 0.339 e. The molecule has 14 heteroatoms. The summed E-state index contributed by atoms with van der Waals surface area (Å²) in [6.07, 6.45) is 1.32. The van der Waals surface area contributed by atoms with Crippen molar-refractivity contribution >= 4 is 60.1 Å². The number of hydrogen-bond donors (Lipinski definition) is 1. The van der Waals surface area contributed by atoms with Gasteiger partial charge in [0.15, 0.2) is 11.5 Å². The summed E-state index contributed by atoms with van der Waals surface area (Å²) in [5, 5.41) is 8.09. The molecule has 1 amide bonds. The van der Waals surface area contributed by atoms with E-state index in [4.69, 9.17) is 14.3 Å². The zero-order valence-electron chi connectivity index (χ0n) is 19.3. The van der Waals surface area contributed by atoms with Crippen molar-refractivity contribution in [3.8, 4) is 11.5 Å². The molecule has 2 aliphatic rings. The first-order valence-corrected chi connectivity index (χ1v) is 14.2. The number of aliphatic imine (C=N–C) groups is 1. The van der Waals surface area contributed by atoms with Crippen molar-refractivity contribution in [1.82, 2.24) is 4.90 Å². The van der Waals surface area contributed by atoms with Crippen LogP contribution in [0.1, 0.15) is 18.1 Å². The van der Waals surface area contributed by atoms with Gasteiger partial charge in [-0.1, -0.05) is 30.7 Å². The molecule has 0 unspecified atom stereocenters. The molecule has 188 valence electrons. The Labute approximate surface area is 212 Å². The van der Waals surface area contributed by atoms with E-state index in [9.17, 15) is 21.6 Å². The van der Waals surface area contributed by atoms with E-state index in [2.05, 4.69) is 9.39 Å². The number of carbonyl (C=O) groups excluding carboxylic acids is 1. The molecule has 2 aromatic carbocycles. The van der Waals surface area contributed by atoms with E-state index in [-0.39, 0.29) is 38.1 Å². The van der Waals surface area contributed by atoms with Crippen LogP contribution in [0.2, 0.25) is 0 Å². The van der Waals surface area contributed by atoms with Crippen LogP contribution >= 0.6 is 11.9 Å². The molecule has 0 atom stereocenters. The number of fused-ring (bicyclic) bond motifs is 1. The molecule has 2 heterocycles. The van der Waals surface area contributed by atoms with Crippen LogP contribution in [0.15, 0.2) is 62.3 Å². The number of ether oxygens (including phenoxy) is 1. The van der Waals surface area contributed by atoms with Gasteiger partial charge in [0, 0.05) is 0 Å². The van der Waals surface area contributed by atoms with Crippen LogP contribution in [-0.4, -0.2) is 56.7 Å². The zero-order chi connectivity index (χ0) is 26.3. The van der Waals surface area contributed by atoms with Crippen molar-refractivity contribution in [1.29, 1.82) is 5.41 Å². The van der Waals surface area contributed by atoms with E-state index in [1.54, 1.807) is 12.1 Å². The Bertz CT molecular complexity index is 1580. The SMILES string of the molecule is CCS(=O)(=O)C1=NSC2=NC(=O)/C(=C\c3ccc(OS(=O)(=O)c4ccc(C)cc4)c(OC)c3)C(=N)N21. The molecule has 2 aromatic rings. The smallest absolute Gasteiger partial charge is 0.339 e. The van der Waals surface area contributed by atoms with Crippen molar-refractivity contribution in [2.75, 3.05) is 12.9 Å². The Balaban J connectivity index is 1.66. The van der Waals surface area contributed by atoms with Crippen LogP contribution in [-0.2, 0) is 24.7 Å². The number of rotatable bonds is 6. The Morgan fingerprint density at radius 1 is 1.08 bits per heavy atom. The lowest BCUT2D eigenvalue weighted by Crippen LogP contribution is -2.45. The fourth-order valence-electron chi connectivity index (χ4n) is 3.21. The lowest BCUT2D eigenvalue weighted by Gasteiger charge is -2.24. The second kappa shape index (κ2) is 9.52. The molecular weight excluding hydrogens is 528 g/mol. The number of nitrogens with one attached hydrogen (secondary N) is 1.